The Morgan fingerprint density at radius 2 is 1.70 bits per heavy atom. The fourth-order valence-corrected chi connectivity index (χ4v) is 7.86. The Morgan fingerprint density at radius 1 is 1.00 bits per heavy atom. The lowest BCUT2D eigenvalue weighted by Gasteiger charge is -2.57. The Kier molecular flexibility index (Phi) is 5.35. The Labute approximate surface area is 217 Å². The Hall–Kier alpha value is -3.60. The lowest BCUT2D eigenvalue weighted by Crippen LogP contribution is -2.48. The van der Waals surface area contributed by atoms with Crippen LogP contribution >= 0.6 is 0 Å². The van der Waals surface area contributed by atoms with Crippen molar-refractivity contribution in [1.82, 2.24) is 4.57 Å². The molecule has 0 spiro atoms. The minimum atomic E-state index is -0.467. The number of hydrogen-bond acceptors (Lipinski definition) is 4. The van der Waals surface area contributed by atoms with Gasteiger partial charge in [-0.1, -0.05) is 30.3 Å². The third kappa shape index (κ3) is 4.01. The number of nitrogens with zero attached hydrogens (tertiary/aromatic N) is 2. The van der Waals surface area contributed by atoms with Gasteiger partial charge in [-0.15, -0.1) is 0 Å². The maximum atomic E-state index is 11.8. The molecule has 0 saturated heterocycles. The van der Waals surface area contributed by atoms with Crippen LogP contribution in [0.2, 0.25) is 0 Å². The topological polar surface area (TPSA) is 56.7 Å². The van der Waals surface area contributed by atoms with Crippen molar-refractivity contribution in [3.05, 3.63) is 89.5 Å². The largest absolute Gasteiger partial charge is 0.463 e. The Morgan fingerprint density at radius 3 is 2.41 bits per heavy atom. The molecule has 4 saturated carbocycles. The van der Waals surface area contributed by atoms with E-state index in [1.165, 1.54) is 51.2 Å². The van der Waals surface area contributed by atoms with E-state index in [9.17, 15) is 4.79 Å². The van der Waals surface area contributed by atoms with Crippen LogP contribution in [0.4, 0.5) is 5.69 Å². The number of para-hydroxylation sites is 1. The second kappa shape index (κ2) is 8.76. The molecule has 4 aromatic rings. The first-order chi connectivity index (χ1) is 18.1. The normalized spacial score (nSPS) is 26.4. The lowest BCUT2D eigenvalue weighted by atomic mass is 9.48. The zero-order valence-electron chi connectivity index (χ0n) is 21.2. The van der Waals surface area contributed by atoms with Gasteiger partial charge in [0.15, 0.2) is 0 Å². The maximum Gasteiger partial charge on any atom is 0.373 e. The molecule has 0 atom stereocenters. The minimum absolute atomic E-state index is 0.215. The first kappa shape index (κ1) is 22.6. The fourth-order valence-electron chi connectivity index (χ4n) is 7.86. The minimum Gasteiger partial charge on any atom is -0.463 e. The number of rotatable bonds is 6. The molecule has 5 heteroatoms. The summed E-state index contributed by atoms with van der Waals surface area (Å²) in [4.78, 5) is 16.6. The molecule has 0 radical (unpaired) electrons. The van der Waals surface area contributed by atoms with E-state index in [1.807, 2.05) is 24.4 Å². The predicted molar refractivity (Wildman–Crippen MR) is 145 cm³/mol. The summed E-state index contributed by atoms with van der Waals surface area (Å²) in [6.07, 6.45) is 12.6. The maximum absolute atomic E-state index is 11.8. The number of carbonyl (C=O) groups excluding carboxylic acids is 1. The molecule has 4 bridgehead atoms. The summed E-state index contributed by atoms with van der Waals surface area (Å²) in [6.45, 7) is 0.519. The van der Waals surface area contributed by atoms with E-state index in [2.05, 4.69) is 47.2 Å². The molecule has 4 fully saturated rings. The van der Waals surface area contributed by atoms with Crippen LogP contribution in [-0.2, 0) is 16.7 Å². The third-order valence-corrected chi connectivity index (χ3v) is 9.06. The van der Waals surface area contributed by atoms with E-state index in [4.69, 9.17) is 14.1 Å². The molecule has 4 aliphatic carbocycles. The predicted octanol–water partition coefficient (Wildman–Crippen LogP) is 7.29. The van der Waals surface area contributed by atoms with Gasteiger partial charge in [0.2, 0.25) is 5.76 Å². The van der Waals surface area contributed by atoms with E-state index >= 15 is 0 Å². The van der Waals surface area contributed by atoms with Gasteiger partial charge in [0.1, 0.15) is 5.76 Å². The highest BCUT2D eigenvalue weighted by Crippen LogP contribution is 2.60. The molecule has 188 valence electrons. The van der Waals surface area contributed by atoms with Gasteiger partial charge in [0, 0.05) is 28.9 Å². The quantitative estimate of drug-likeness (QED) is 0.210. The van der Waals surface area contributed by atoms with Crippen LogP contribution in [0.1, 0.15) is 66.0 Å². The van der Waals surface area contributed by atoms with Crippen molar-refractivity contribution in [2.75, 3.05) is 7.11 Å². The van der Waals surface area contributed by atoms with Crippen molar-refractivity contribution in [2.24, 2.45) is 22.7 Å². The van der Waals surface area contributed by atoms with Gasteiger partial charge in [-0.2, -0.15) is 0 Å². The number of methoxy groups -OCH3 is 1. The smallest absolute Gasteiger partial charge is 0.373 e. The van der Waals surface area contributed by atoms with E-state index in [-0.39, 0.29) is 5.76 Å². The number of benzene rings is 2. The first-order valence-corrected chi connectivity index (χ1v) is 13.5. The number of furan rings is 1. The number of aromatic nitrogens is 1. The number of esters is 1. The third-order valence-electron chi connectivity index (χ3n) is 9.06. The second-order valence-corrected chi connectivity index (χ2v) is 11.5. The molecule has 0 aliphatic heterocycles. The van der Waals surface area contributed by atoms with E-state index < -0.39 is 5.97 Å². The molecular formula is C32H32N2O3. The summed E-state index contributed by atoms with van der Waals surface area (Å²) in [7, 11) is 1.35. The van der Waals surface area contributed by atoms with Crippen molar-refractivity contribution in [1.29, 1.82) is 0 Å². The number of fused-ring (bicyclic) bond motifs is 1. The van der Waals surface area contributed by atoms with Crippen LogP contribution in [0.5, 0.6) is 0 Å². The highest BCUT2D eigenvalue weighted by molar-refractivity contribution is 6.00. The van der Waals surface area contributed by atoms with E-state index in [1.54, 1.807) is 6.07 Å². The lowest BCUT2D eigenvalue weighted by molar-refractivity contribution is -0.00518. The van der Waals surface area contributed by atoms with Gasteiger partial charge in [-0.05, 0) is 97.6 Å². The zero-order valence-corrected chi connectivity index (χ0v) is 21.2. The van der Waals surface area contributed by atoms with Gasteiger partial charge in [0.25, 0.3) is 0 Å². The molecule has 2 heterocycles. The number of ether oxygens (including phenoxy) is 1. The van der Waals surface area contributed by atoms with Crippen LogP contribution in [0.3, 0.4) is 0 Å². The molecule has 2 aromatic heterocycles. The van der Waals surface area contributed by atoms with Gasteiger partial charge in [-0.25, -0.2) is 4.79 Å². The van der Waals surface area contributed by atoms with Crippen molar-refractivity contribution >= 4 is 28.8 Å². The van der Waals surface area contributed by atoms with E-state index in [0.29, 0.717) is 17.7 Å². The average molecular weight is 493 g/mol. The summed E-state index contributed by atoms with van der Waals surface area (Å²) >= 11 is 0. The summed E-state index contributed by atoms with van der Waals surface area (Å²) in [6, 6.07) is 20.8. The Balaban J connectivity index is 1.13. The Bertz CT molecular complexity index is 1450. The van der Waals surface area contributed by atoms with Crippen LogP contribution in [0, 0.1) is 17.8 Å². The van der Waals surface area contributed by atoms with Crippen LogP contribution < -0.4 is 0 Å². The highest BCUT2D eigenvalue weighted by atomic mass is 16.5. The molecular weight excluding hydrogens is 460 g/mol. The molecule has 5 nitrogen and oxygen atoms in total. The monoisotopic (exact) mass is 492 g/mol. The molecule has 4 aliphatic rings. The first-order valence-electron chi connectivity index (χ1n) is 13.5. The van der Waals surface area contributed by atoms with Crippen LogP contribution in [0.25, 0.3) is 10.9 Å². The van der Waals surface area contributed by atoms with Crippen LogP contribution in [0.15, 0.2) is 76.3 Å². The average Bonchev–Trinajstić information content (AvgIpc) is 3.52. The fraction of sp³-hybridized carbons (Fsp3) is 0.375. The SMILES string of the molecule is COC(=O)c1ccc(Cn2cc(C=Nc3ccc(C45CC6CC(CC(C6)C4)C5)cc3)c3ccccc32)o1. The van der Waals surface area contributed by atoms with Crippen molar-refractivity contribution in [3.63, 3.8) is 0 Å². The van der Waals surface area contributed by atoms with Gasteiger partial charge in [0.05, 0.1) is 19.3 Å². The molecule has 8 rings (SSSR count). The van der Waals surface area contributed by atoms with Gasteiger partial charge >= 0.3 is 5.97 Å². The van der Waals surface area contributed by atoms with Gasteiger partial charge < -0.3 is 13.7 Å². The number of aliphatic imine (C=N–C) groups is 1. The van der Waals surface area contributed by atoms with Gasteiger partial charge in [-0.3, -0.25) is 4.99 Å². The summed E-state index contributed by atoms with van der Waals surface area (Å²) in [5.41, 5.74) is 5.09. The standard InChI is InChI=1S/C32H32N2O3/c1-36-31(35)30-11-10-27(37-30)20-34-19-24(28-4-2-3-5-29(28)34)18-33-26-8-6-25(7-9-26)32-15-21-12-22(16-32)14-23(13-21)17-32/h2-11,18-19,21-23H,12-17,20H2,1H3. The highest BCUT2D eigenvalue weighted by Gasteiger charge is 2.51. The van der Waals surface area contributed by atoms with Crippen LogP contribution in [-0.4, -0.2) is 23.9 Å². The molecule has 0 unspecified atom stereocenters. The van der Waals surface area contributed by atoms with Crippen molar-refractivity contribution in [2.45, 2.75) is 50.5 Å². The summed E-state index contributed by atoms with van der Waals surface area (Å²) < 4.78 is 12.6. The summed E-state index contributed by atoms with van der Waals surface area (Å²) in [5.74, 6) is 3.31. The molecule has 2 aromatic carbocycles. The number of hydrogen-bond donors (Lipinski definition) is 0. The van der Waals surface area contributed by atoms with Crippen molar-refractivity contribution in [3.8, 4) is 0 Å². The second-order valence-electron chi connectivity index (χ2n) is 11.5. The summed E-state index contributed by atoms with van der Waals surface area (Å²) in [5, 5.41) is 1.14. The molecule has 0 amide bonds. The molecule has 37 heavy (non-hydrogen) atoms. The zero-order chi connectivity index (χ0) is 25.0. The van der Waals surface area contributed by atoms with E-state index in [0.717, 1.165) is 39.9 Å². The van der Waals surface area contributed by atoms with Crippen molar-refractivity contribution < 1.29 is 13.9 Å². The number of carbonyl (C=O) groups is 1. The molecule has 0 N–H and O–H groups in total.